The van der Waals surface area contributed by atoms with Crippen molar-refractivity contribution in [1.82, 2.24) is 4.90 Å². The van der Waals surface area contributed by atoms with Crippen molar-refractivity contribution in [3.8, 4) is 5.75 Å². The van der Waals surface area contributed by atoms with Crippen LogP contribution in [0.25, 0.3) is 0 Å². The molecule has 1 saturated heterocycles. The van der Waals surface area contributed by atoms with E-state index in [0.29, 0.717) is 17.7 Å². The maximum absolute atomic E-state index is 13.1. The summed E-state index contributed by atoms with van der Waals surface area (Å²) in [6, 6.07) is 1.51. The van der Waals surface area contributed by atoms with Crippen LogP contribution in [0.4, 0.5) is 33.3 Å². The second kappa shape index (κ2) is 10.5. The summed E-state index contributed by atoms with van der Waals surface area (Å²) in [5.41, 5.74) is 5.10. The van der Waals surface area contributed by atoms with Crippen LogP contribution in [0.3, 0.4) is 0 Å². The van der Waals surface area contributed by atoms with E-state index in [1.165, 1.54) is 17.0 Å². The van der Waals surface area contributed by atoms with Gasteiger partial charge in [0.25, 0.3) is 11.8 Å². The van der Waals surface area contributed by atoms with Crippen molar-refractivity contribution in [2.75, 3.05) is 43.1 Å². The van der Waals surface area contributed by atoms with Gasteiger partial charge in [-0.2, -0.15) is 22.0 Å². The van der Waals surface area contributed by atoms with Gasteiger partial charge in [0, 0.05) is 24.8 Å². The van der Waals surface area contributed by atoms with Crippen LogP contribution in [0.2, 0.25) is 0 Å². The number of anilines is 2. The SMILES string of the molecule is NC(=O)[C@@H](C(=O)Nc1ccc(N2CCOCC2=O)c(OC(F)F)c1)N(CC1CC1)CC(F)(F)F. The van der Waals surface area contributed by atoms with Gasteiger partial charge in [-0.3, -0.25) is 19.3 Å². The number of morpholine rings is 1. The highest BCUT2D eigenvalue weighted by Crippen LogP contribution is 2.34. The second-order valence-electron chi connectivity index (χ2n) is 7.94. The number of alkyl halides is 5. The Morgan fingerprint density at radius 2 is 2.00 bits per heavy atom. The molecule has 1 aromatic carbocycles. The molecule has 0 unspecified atom stereocenters. The fourth-order valence-corrected chi connectivity index (χ4v) is 3.59. The molecular weight excluding hydrogens is 471 g/mol. The Bertz CT molecular complexity index is 925. The van der Waals surface area contributed by atoms with E-state index in [-0.39, 0.29) is 43.6 Å². The van der Waals surface area contributed by atoms with Gasteiger partial charge in [0.1, 0.15) is 6.61 Å². The summed E-state index contributed by atoms with van der Waals surface area (Å²) in [6.45, 7) is -4.97. The molecule has 2 fully saturated rings. The van der Waals surface area contributed by atoms with Crippen LogP contribution < -0.4 is 20.7 Å². The minimum atomic E-state index is -4.69. The van der Waals surface area contributed by atoms with Gasteiger partial charge in [-0.1, -0.05) is 0 Å². The normalized spacial score (nSPS) is 17.7. The molecular formula is C20H23F5N4O5. The Kier molecular flexibility index (Phi) is 7.92. The number of halogens is 5. The van der Waals surface area contributed by atoms with Crippen LogP contribution in [0.5, 0.6) is 5.75 Å². The van der Waals surface area contributed by atoms with E-state index >= 15 is 0 Å². The lowest BCUT2D eigenvalue weighted by molar-refractivity contribution is -0.157. The van der Waals surface area contributed by atoms with Crippen molar-refractivity contribution in [1.29, 1.82) is 0 Å². The lowest BCUT2D eigenvalue weighted by atomic mass is 10.1. The minimum absolute atomic E-state index is 0.00881. The first-order valence-corrected chi connectivity index (χ1v) is 10.3. The van der Waals surface area contributed by atoms with Gasteiger partial charge in [-0.05, 0) is 30.9 Å². The van der Waals surface area contributed by atoms with E-state index in [1.54, 1.807) is 0 Å². The van der Waals surface area contributed by atoms with Crippen molar-refractivity contribution in [3.63, 3.8) is 0 Å². The number of hydrogen-bond acceptors (Lipinski definition) is 6. The third-order valence-electron chi connectivity index (χ3n) is 5.18. The predicted octanol–water partition coefficient (Wildman–Crippen LogP) is 1.72. The van der Waals surface area contributed by atoms with Crippen LogP contribution in [0.15, 0.2) is 18.2 Å². The molecule has 0 aromatic heterocycles. The highest BCUT2D eigenvalue weighted by molar-refractivity contribution is 6.09. The number of ether oxygens (including phenoxy) is 2. The zero-order chi connectivity index (χ0) is 25.0. The largest absolute Gasteiger partial charge is 0.433 e. The molecule has 188 valence electrons. The summed E-state index contributed by atoms with van der Waals surface area (Å²) < 4.78 is 74.6. The van der Waals surface area contributed by atoms with Gasteiger partial charge in [0.05, 0.1) is 18.8 Å². The summed E-state index contributed by atoms with van der Waals surface area (Å²) in [7, 11) is 0. The monoisotopic (exact) mass is 494 g/mol. The second-order valence-corrected chi connectivity index (χ2v) is 7.94. The molecule has 1 heterocycles. The zero-order valence-corrected chi connectivity index (χ0v) is 17.8. The molecule has 1 atom stereocenters. The average Bonchev–Trinajstić information content (AvgIpc) is 3.51. The van der Waals surface area contributed by atoms with Gasteiger partial charge in [-0.15, -0.1) is 0 Å². The van der Waals surface area contributed by atoms with Crippen molar-refractivity contribution >= 4 is 29.1 Å². The molecule has 9 nitrogen and oxygen atoms in total. The number of nitrogens with one attached hydrogen (secondary N) is 1. The Hall–Kier alpha value is -3.00. The molecule has 14 heteroatoms. The Morgan fingerprint density at radius 1 is 1.29 bits per heavy atom. The third kappa shape index (κ3) is 7.00. The third-order valence-corrected chi connectivity index (χ3v) is 5.18. The highest BCUT2D eigenvalue weighted by atomic mass is 19.4. The molecule has 1 aliphatic heterocycles. The molecule has 0 spiro atoms. The van der Waals surface area contributed by atoms with Crippen molar-refractivity contribution in [2.24, 2.45) is 11.7 Å². The molecule has 0 bridgehead atoms. The molecule has 3 rings (SSSR count). The lowest BCUT2D eigenvalue weighted by Gasteiger charge is -2.30. The summed E-state index contributed by atoms with van der Waals surface area (Å²) in [5, 5.41) is 2.24. The number of nitrogens with zero attached hydrogens (tertiary/aromatic N) is 2. The maximum atomic E-state index is 13.1. The van der Waals surface area contributed by atoms with Gasteiger partial charge in [0.2, 0.25) is 5.91 Å². The highest BCUT2D eigenvalue weighted by Gasteiger charge is 2.41. The van der Waals surface area contributed by atoms with Gasteiger partial charge in [-0.25, -0.2) is 0 Å². The Labute approximate surface area is 190 Å². The summed E-state index contributed by atoms with van der Waals surface area (Å²) in [6.07, 6.45) is -3.36. The number of primary amides is 1. The standard InChI is InChI=1S/C20H23F5N4O5/c21-19(22)34-14-7-12(3-4-13(14)29-5-6-33-9-15(29)30)27-18(32)16(17(26)31)28(8-11-1-2-11)10-20(23,24)25/h3-4,7,11,16,19H,1-2,5-6,8-10H2,(H2,26,31)(H,27,32)/t16-/m0/s1. The lowest BCUT2D eigenvalue weighted by Crippen LogP contribution is -2.55. The minimum Gasteiger partial charge on any atom is -0.433 e. The van der Waals surface area contributed by atoms with Gasteiger partial charge >= 0.3 is 12.8 Å². The quantitative estimate of drug-likeness (QED) is 0.378. The van der Waals surface area contributed by atoms with Crippen LogP contribution in [-0.4, -0.2) is 74.3 Å². The van der Waals surface area contributed by atoms with E-state index in [9.17, 15) is 36.3 Å². The van der Waals surface area contributed by atoms with Gasteiger partial charge in [0.15, 0.2) is 11.8 Å². The number of amides is 3. The van der Waals surface area contributed by atoms with E-state index < -0.39 is 48.8 Å². The van der Waals surface area contributed by atoms with E-state index in [4.69, 9.17) is 10.5 Å². The molecule has 3 N–H and O–H groups in total. The molecule has 1 aliphatic carbocycles. The number of carbonyl (C=O) groups is 3. The smallest absolute Gasteiger partial charge is 0.401 e. The van der Waals surface area contributed by atoms with Crippen LogP contribution >= 0.6 is 0 Å². The topological polar surface area (TPSA) is 114 Å². The maximum Gasteiger partial charge on any atom is 0.401 e. The number of hydrogen-bond donors (Lipinski definition) is 2. The van der Waals surface area contributed by atoms with E-state index in [2.05, 4.69) is 10.1 Å². The number of benzene rings is 1. The average molecular weight is 494 g/mol. The first-order chi connectivity index (χ1) is 15.9. The van der Waals surface area contributed by atoms with Crippen molar-refractivity contribution < 1.29 is 45.8 Å². The van der Waals surface area contributed by atoms with E-state index in [0.717, 1.165) is 6.07 Å². The van der Waals surface area contributed by atoms with Crippen LogP contribution in [0, 0.1) is 5.92 Å². The first-order valence-electron chi connectivity index (χ1n) is 10.3. The molecule has 3 amide bonds. The predicted molar refractivity (Wildman–Crippen MR) is 108 cm³/mol. The molecule has 1 saturated carbocycles. The molecule has 1 aromatic rings. The number of nitrogens with two attached hydrogens (primary N) is 1. The van der Waals surface area contributed by atoms with Crippen molar-refractivity contribution in [3.05, 3.63) is 18.2 Å². The molecule has 2 aliphatic rings. The zero-order valence-electron chi connectivity index (χ0n) is 17.8. The fourth-order valence-electron chi connectivity index (χ4n) is 3.59. The van der Waals surface area contributed by atoms with E-state index in [1.807, 2.05) is 0 Å². The summed E-state index contributed by atoms with van der Waals surface area (Å²) in [5.74, 6) is -3.49. The number of rotatable bonds is 10. The van der Waals surface area contributed by atoms with Crippen LogP contribution in [-0.2, 0) is 19.1 Å². The Balaban J connectivity index is 1.84. The summed E-state index contributed by atoms with van der Waals surface area (Å²) >= 11 is 0. The Morgan fingerprint density at radius 3 is 2.56 bits per heavy atom. The number of carbonyl (C=O) groups excluding carboxylic acids is 3. The van der Waals surface area contributed by atoms with Crippen LogP contribution in [0.1, 0.15) is 12.8 Å². The van der Waals surface area contributed by atoms with Crippen molar-refractivity contribution in [2.45, 2.75) is 31.7 Å². The molecule has 34 heavy (non-hydrogen) atoms. The first kappa shape index (κ1) is 25.6. The van der Waals surface area contributed by atoms with Gasteiger partial charge < -0.3 is 25.4 Å². The fraction of sp³-hybridized carbons (Fsp3) is 0.550. The molecule has 0 radical (unpaired) electrons. The summed E-state index contributed by atoms with van der Waals surface area (Å²) in [4.78, 5) is 38.6.